The Balaban J connectivity index is 1.74. The SMILES string of the molecule is CCN(C(=O)C1CC(=O)N(Cc2ccc(C)cc2)C1)c1cc(C)ccc1C. The Morgan fingerprint density at radius 1 is 1.07 bits per heavy atom. The highest BCUT2D eigenvalue weighted by Gasteiger charge is 2.36. The number of amides is 2. The summed E-state index contributed by atoms with van der Waals surface area (Å²) in [5.74, 6) is -0.167. The molecule has 2 aromatic rings. The molecule has 0 aromatic heterocycles. The van der Waals surface area contributed by atoms with Crippen molar-refractivity contribution in [1.29, 1.82) is 0 Å². The second-order valence-corrected chi connectivity index (χ2v) is 7.53. The highest BCUT2D eigenvalue weighted by atomic mass is 16.2. The second-order valence-electron chi connectivity index (χ2n) is 7.53. The Kier molecular flexibility index (Phi) is 5.64. The van der Waals surface area contributed by atoms with Crippen molar-refractivity contribution in [2.75, 3.05) is 18.0 Å². The van der Waals surface area contributed by atoms with E-state index in [0.717, 1.165) is 22.4 Å². The summed E-state index contributed by atoms with van der Waals surface area (Å²) in [4.78, 5) is 29.3. The van der Waals surface area contributed by atoms with Crippen LogP contribution >= 0.6 is 0 Å². The standard InChI is InChI=1S/C23H28N2O2/c1-5-25(21-12-17(3)6-9-18(21)4)23(27)20-13-22(26)24(15-20)14-19-10-7-16(2)8-11-19/h6-12,20H,5,13-15H2,1-4H3. The number of carbonyl (C=O) groups excluding carboxylic acids is 2. The highest BCUT2D eigenvalue weighted by molar-refractivity contribution is 5.99. The zero-order valence-corrected chi connectivity index (χ0v) is 16.7. The number of likely N-dealkylation sites (tertiary alicyclic amines) is 1. The Bertz CT molecular complexity index is 842. The molecule has 2 amide bonds. The van der Waals surface area contributed by atoms with E-state index in [1.54, 1.807) is 0 Å². The number of hydrogen-bond donors (Lipinski definition) is 0. The Morgan fingerprint density at radius 3 is 2.41 bits per heavy atom. The van der Waals surface area contributed by atoms with Gasteiger partial charge in [0.15, 0.2) is 0 Å². The molecule has 0 saturated carbocycles. The minimum absolute atomic E-state index is 0.0472. The number of benzene rings is 2. The Labute approximate surface area is 161 Å². The van der Waals surface area contributed by atoms with Gasteiger partial charge >= 0.3 is 0 Å². The van der Waals surface area contributed by atoms with Crippen LogP contribution < -0.4 is 4.90 Å². The molecule has 4 heteroatoms. The van der Waals surface area contributed by atoms with Gasteiger partial charge in [0.25, 0.3) is 0 Å². The zero-order valence-electron chi connectivity index (χ0n) is 16.7. The van der Waals surface area contributed by atoms with Crippen molar-refractivity contribution in [3.8, 4) is 0 Å². The third-order valence-electron chi connectivity index (χ3n) is 5.30. The minimum atomic E-state index is -0.275. The van der Waals surface area contributed by atoms with E-state index in [2.05, 4.69) is 24.3 Å². The number of aryl methyl sites for hydroxylation is 3. The zero-order chi connectivity index (χ0) is 19.6. The van der Waals surface area contributed by atoms with E-state index in [1.165, 1.54) is 5.56 Å². The van der Waals surface area contributed by atoms with E-state index in [9.17, 15) is 9.59 Å². The van der Waals surface area contributed by atoms with Gasteiger partial charge in [0.1, 0.15) is 0 Å². The number of anilines is 1. The molecule has 1 atom stereocenters. The number of nitrogens with zero attached hydrogens (tertiary/aromatic N) is 2. The summed E-state index contributed by atoms with van der Waals surface area (Å²) in [5.41, 5.74) is 5.46. The van der Waals surface area contributed by atoms with Crippen molar-refractivity contribution < 1.29 is 9.59 Å². The Morgan fingerprint density at radius 2 is 1.74 bits per heavy atom. The van der Waals surface area contributed by atoms with Gasteiger partial charge in [-0.3, -0.25) is 9.59 Å². The molecule has 0 spiro atoms. The van der Waals surface area contributed by atoms with Crippen molar-refractivity contribution in [2.45, 2.75) is 40.7 Å². The molecular weight excluding hydrogens is 336 g/mol. The average Bonchev–Trinajstić information content (AvgIpc) is 3.01. The summed E-state index contributed by atoms with van der Waals surface area (Å²) >= 11 is 0. The lowest BCUT2D eigenvalue weighted by atomic mass is 10.0. The predicted molar refractivity (Wildman–Crippen MR) is 109 cm³/mol. The van der Waals surface area contributed by atoms with E-state index in [4.69, 9.17) is 0 Å². The van der Waals surface area contributed by atoms with Gasteiger partial charge < -0.3 is 9.80 Å². The highest BCUT2D eigenvalue weighted by Crippen LogP contribution is 2.27. The fourth-order valence-electron chi connectivity index (χ4n) is 3.68. The third kappa shape index (κ3) is 4.21. The molecule has 0 radical (unpaired) electrons. The molecule has 1 fully saturated rings. The van der Waals surface area contributed by atoms with Crippen molar-refractivity contribution in [2.24, 2.45) is 5.92 Å². The van der Waals surface area contributed by atoms with E-state index in [1.807, 2.05) is 55.7 Å². The number of hydrogen-bond acceptors (Lipinski definition) is 2. The number of rotatable bonds is 5. The van der Waals surface area contributed by atoms with Gasteiger partial charge in [-0.25, -0.2) is 0 Å². The lowest BCUT2D eigenvalue weighted by Gasteiger charge is -2.26. The molecule has 1 unspecified atom stereocenters. The monoisotopic (exact) mass is 364 g/mol. The maximum Gasteiger partial charge on any atom is 0.232 e. The summed E-state index contributed by atoms with van der Waals surface area (Å²) in [5, 5.41) is 0. The Hall–Kier alpha value is -2.62. The van der Waals surface area contributed by atoms with Gasteiger partial charge in [-0.1, -0.05) is 42.0 Å². The molecule has 1 aliphatic heterocycles. The van der Waals surface area contributed by atoms with Crippen LogP contribution in [0.1, 0.15) is 35.6 Å². The molecule has 1 aliphatic rings. The predicted octanol–water partition coefficient (Wildman–Crippen LogP) is 4.01. The summed E-state index contributed by atoms with van der Waals surface area (Å²) < 4.78 is 0. The molecule has 142 valence electrons. The summed E-state index contributed by atoms with van der Waals surface area (Å²) in [6.45, 7) is 9.75. The first-order chi connectivity index (χ1) is 12.9. The van der Waals surface area contributed by atoms with Gasteiger partial charge in [-0.05, 0) is 50.5 Å². The average molecular weight is 364 g/mol. The third-order valence-corrected chi connectivity index (χ3v) is 5.30. The maximum absolute atomic E-state index is 13.2. The molecule has 0 bridgehead atoms. The van der Waals surface area contributed by atoms with Crippen molar-refractivity contribution >= 4 is 17.5 Å². The topological polar surface area (TPSA) is 40.6 Å². The smallest absolute Gasteiger partial charge is 0.232 e. The summed E-state index contributed by atoms with van der Waals surface area (Å²) in [7, 11) is 0. The first kappa shape index (κ1) is 19.2. The molecule has 0 aliphatic carbocycles. The normalized spacial score (nSPS) is 16.7. The molecule has 3 rings (SSSR count). The van der Waals surface area contributed by atoms with Crippen molar-refractivity contribution in [3.05, 3.63) is 64.7 Å². The fraction of sp³-hybridized carbons (Fsp3) is 0.391. The van der Waals surface area contributed by atoms with Crippen LogP contribution in [0, 0.1) is 26.7 Å². The molecule has 1 saturated heterocycles. The van der Waals surface area contributed by atoms with Crippen LogP contribution in [0.3, 0.4) is 0 Å². The summed E-state index contributed by atoms with van der Waals surface area (Å²) in [6, 6.07) is 14.4. The lowest BCUT2D eigenvalue weighted by molar-refractivity contribution is -0.128. The van der Waals surface area contributed by atoms with Gasteiger partial charge in [0, 0.05) is 31.7 Å². The fourth-order valence-corrected chi connectivity index (χ4v) is 3.68. The largest absolute Gasteiger partial charge is 0.338 e. The minimum Gasteiger partial charge on any atom is -0.338 e. The van der Waals surface area contributed by atoms with Crippen molar-refractivity contribution in [1.82, 2.24) is 4.90 Å². The first-order valence-corrected chi connectivity index (χ1v) is 9.61. The van der Waals surface area contributed by atoms with Crippen LogP contribution in [0.4, 0.5) is 5.69 Å². The van der Waals surface area contributed by atoms with Gasteiger partial charge in [-0.2, -0.15) is 0 Å². The second kappa shape index (κ2) is 7.95. The molecular formula is C23H28N2O2. The first-order valence-electron chi connectivity index (χ1n) is 9.61. The van der Waals surface area contributed by atoms with E-state index in [0.29, 0.717) is 26.1 Å². The van der Waals surface area contributed by atoms with Crippen LogP contribution in [0.15, 0.2) is 42.5 Å². The molecule has 2 aromatic carbocycles. The number of carbonyl (C=O) groups is 2. The quantitative estimate of drug-likeness (QED) is 0.804. The molecule has 27 heavy (non-hydrogen) atoms. The van der Waals surface area contributed by atoms with Crippen LogP contribution in [0.25, 0.3) is 0 Å². The van der Waals surface area contributed by atoms with E-state index >= 15 is 0 Å². The van der Waals surface area contributed by atoms with Crippen LogP contribution in [-0.4, -0.2) is 29.8 Å². The molecule has 4 nitrogen and oxygen atoms in total. The van der Waals surface area contributed by atoms with Crippen LogP contribution in [0.2, 0.25) is 0 Å². The summed E-state index contributed by atoms with van der Waals surface area (Å²) in [6.07, 6.45) is 0.298. The lowest BCUT2D eigenvalue weighted by Crippen LogP contribution is -2.37. The maximum atomic E-state index is 13.2. The van der Waals surface area contributed by atoms with E-state index < -0.39 is 0 Å². The van der Waals surface area contributed by atoms with Crippen LogP contribution in [0.5, 0.6) is 0 Å². The molecule has 0 N–H and O–H groups in total. The van der Waals surface area contributed by atoms with Gasteiger partial charge in [-0.15, -0.1) is 0 Å². The van der Waals surface area contributed by atoms with E-state index in [-0.39, 0.29) is 17.7 Å². The van der Waals surface area contributed by atoms with Crippen molar-refractivity contribution in [3.63, 3.8) is 0 Å². The molecule has 1 heterocycles. The van der Waals surface area contributed by atoms with Crippen LogP contribution in [-0.2, 0) is 16.1 Å². The van der Waals surface area contributed by atoms with Gasteiger partial charge in [0.05, 0.1) is 5.92 Å². The van der Waals surface area contributed by atoms with Gasteiger partial charge in [0.2, 0.25) is 11.8 Å².